The van der Waals surface area contributed by atoms with Crippen molar-refractivity contribution < 1.29 is 54.5 Å². The second-order valence-electron chi connectivity index (χ2n) is 10.2. The third kappa shape index (κ3) is 9.32. The molecule has 0 saturated heterocycles. The number of hydrogen-bond acceptors (Lipinski definition) is 7. The standard InChI is InChI=1S/C28H28F6O7/c1-16(2)9-24(35)39-15-26(3,13-27(29,30)31)14-38-19-6-5-17-10-21(25(36)40-22(17)12-19)20-8-7-18(37-4)11-23(20)41-28(32,33)34/h5-8,10-12,16H,9,13-15H2,1-4H3. The fraction of sp³-hybridized carbons (Fsp3) is 0.429. The molecule has 0 aliphatic rings. The number of ether oxygens (including phenoxy) is 4. The first kappa shape index (κ1) is 31.6. The lowest BCUT2D eigenvalue weighted by Gasteiger charge is -2.30. The second-order valence-corrected chi connectivity index (χ2v) is 10.2. The maximum atomic E-state index is 13.3. The van der Waals surface area contributed by atoms with Gasteiger partial charge in [-0.15, -0.1) is 13.2 Å². The lowest BCUT2D eigenvalue weighted by Crippen LogP contribution is -2.36. The molecule has 0 N–H and O–H groups in total. The quantitative estimate of drug-likeness (QED) is 0.132. The van der Waals surface area contributed by atoms with Crippen molar-refractivity contribution in [2.24, 2.45) is 11.3 Å². The van der Waals surface area contributed by atoms with E-state index in [2.05, 4.69) is 4.74 Å². The third-order valence-electron chi connectivity index (χ3n) is 5.78. The second kappa shape index (κ2) is 12.3. The van der Waals surface area contributed by atoms with Crippen LogP contribution in [0.2, 0.25) is 0 Å². The van der Waals surface area contributed by atoms with Crippen LogP contribution in [0, 0.1) is 11.3 Å². The average molecular weight is 591 g/mol. The van der Waals surface area contributed by atoms with E-state index >= 15 is 0 Å². The van der Waals surface area contributed by atoms with Gasteiger partial charge in [0.15, 0.2) is 0 Å². The first-order chi connectivity index (χ1) is 19.0. The number of benzene rings is 2. The molecular formula is C28H28F6O7. The number of carbonyl (C=O) groups excluding carboxylic acids is 1. The fourth-order valence-corrected chi connectivity index (χ4v) is 3.96. The van der Waals surface area contributed by atoms with Crippen molar-refractivity contribution >= 4 is 16.9 Å². The van der Waals surface area contributed by atoms with Crippen LogP contribution in [-0.4, -0.2) is 38.8 Å². The monoisotopic (exact) mass is 590 g/mol. The number of fused-ring (bicyclic) bond motifs is 1. The van der Waals surface area contributed by atoms with Gasteiger partial charge in [0.05, 0.1) is 25.7 Å². The molecule has 0 aliphatic carbocycles. The van der Waals surface area contributed by atoms with Gasteiger partial charge in [0.2, 0.25) is 0 Å². The molecule has 0 amide bonds. The molecule has 224 valence electrons. The van der Waals surface area contributed by atoms with Gasteiger partial charge in [-0.3, -0.25) is 4.79 Å². The van der Waals surface area contributed by atoms with Gasteiger partial charge in [-0.1, -0.05) is 20.8 Å². The van der Waals surface area contributed by atoms with Gasteiger partial charge < -0.3 is 23.4 Å². The van der Waals surface area contributed by atoms with Crippen molar-refractivity contribution in [3.63, 3.8) is 0 Å². The SMILES string of the molecule is COc1ccc(-c2cc3ccc(OCC(C)(COC(=O)CC(C)C)CC(F)(F)F)cc3oc2=O)c(OC(F)(F)F)c1. The number of methoxy groups -OCH3 is 1. The van der Waals surface area contributed by atoms with Crippen molar-refractivity contribution in [3.8, 4) is 28.4 Å². The molecule has 3 aromatic rings. The van der Waals surface area contributed by atoms with Crippen LogP contribution < -0.4 is 19.8 Å². The summed E-state index contributed by atoms with van der Waals surface area (Å²) in [6.45, 7) is 3.79. The van der Waals surface area contributed by atoms with Gasteiger partial charge in [-0.05, 0) is 36.2 Å². The Labute approximate surface area is 230 Å². The average Bonchev–Trinajstić information content (AvgIpc) is 2.83. The maximum Gasteiger partial charge on any atom is 0.573 e. The molecule has 41 heavy (non-hydrogen) atoms. The van der Waals surface area contributed by atoms with E-state index in [0.29, 0.717) is 5.39 Å². The molecule has 2 aromatic carbocycles. The Balaban J connectivity index is 1.87. The smallest absolute Gasteiger partial charge is 0.497 e. The normalized spacial score (nSPS) is 13.6. The molecule has 0 radical (unpaired) electrons. The van der Waals surface area contributed by atoms with Crippen LogP contribution >= 0.6 is 0 Å². The summed E-state index contributed by atoms with van der Waals surface area (Å²) in [7, 11) is 1.25. The van der Waals surface area contributed by atoms with Crippen LogP contribution in [0.5, 0.6) is 17.2 Å². The van der Waals surface area contributed by atoms with Crippen molar-refractivity contribution in [1.82, 2.24) is 0 Å². The zero-order valence-corrected chi connectivity index (χ0v) is 22.6. The van der Waals surface area contributed by atoms with E-state index in [4.69, 9.17) is 18.6 Å². The summed E-state index contributed by atoms with van der Waals surface area (Å²) >= 11 is 0. The van der Waals surface area contributed by atoms with Crippen LogP contribution in [0.4, 0.5) is 26.3 Å². The van der Waals surface area contributed by atoms with Crippen LogP contribution in [0.25, 0.3) is 22.1 Å². The van der Waals surface area contributed by atoms with Crippen molar-refractivity contribution in [1.29, 1.82) is 0 Å². The zero-order chi connectivity index (χ0) is 30.6. The van der Waals surface area contributed by atoms with Crippen LogP contribution in [0.3, 0.4) is 0 Å². The number of carbonyl (C=O) groups is 1. The summed E-state index contributed by atoms with van der Waals surface area (Å²) in [6, 6.07) is 8.91. The van der Waals surface area contributed by atoms with E-state index in [9.17, 15) is 35.9 Å². The molecule has 0 fully saturated rings. The zero-order valence-electron chi connectivity index (χ0n) is 22.6. The highest BCUT2D eigenvalue weighted by molar-refractivity contribution is 5.84. The Morgan fingerprint density at radius 3 is 2.22 bits per heavy atom. The highest BCUT2D eigenvalue weighted by Gasteiger charge is 2.41. The molecule has 1 atom stereocenters. The predicted molar refractivity (Wildman–Crippen MR) is 136 cm³/mol. The van der Waals surface area contributed by atoms with E-state index in [1.165, 1.54) is 50.4 Å². The van der Waals surface area contributed by atoms with Gasteiger partial charge in [0, 0.05) is 34.9 Å². The summed E-state index contributed by atoms with van der Waals surface area (Å²) in [6.07, 6.45) is -10.8. The molecule has 7 nitrogen and oxygen atoms in total. The summed E-state index contributed by atoms with van der Waals surface area (Å²) in [5.74, 6) is -1.22. The van der Waals surface area contributed by atoms with Crippen LogP contribution in [0.15, 0.2) is 51.7 Å². The Morgan fingerprint density at radius 2 is 1.61 bits per heavy atom. The number of rotatable bonds is 11. The third-order valence-corrected chi connectivity index (χ3v) is 5.78. The minimum absolute atomic E-state index is 0.0241. The molecule has 0 saturated carbocycles. The number of halogens is 6. The minimum Gasteiger partial charge on any atom is -0.497 e. The molecule has 1 unspecified atom stereocenters. The molecule has 0 spiro atoms. The summed E-state index contributed by atoms with van der Waals surface area (Å²) in [4.78, 5) is 24.7. The van der Waals surface area contributed by atoms with Gasteiger partial charge in [-0.25, -0.2) is 4.79 Å². The first-order valence-corrected chi connectivity index (χ1v) is 12.3. The number of hydrogen-bond donors (Lipinski definition) is 0. The summed E-state index contributed by atoms with van der Waals surface area (Å²) in [5.41, 5.74) is -3.06. The topological polar surface area (TPSA) is 84.2 Å². The van der Waals surface area contributed by atoms with Crippen molar-refractivity contribution in [2.75, 3.05) is 20.3 Å². The Hall–Kier alpha value is -3.90. The lowest BCUT2D eigenvalue weighted by molar-refractivity contribution is -0.274. The van der Waals surface area contributed by atoms with Crippen LogP contribution in [-0.2, 0) is 9.53 Å². The Bertz CT molecular complexity index is 1430. The summed E-state index contributed by atoms with van der Waals surface area (Å²) < 4.78 is 104. The predicted octanol–water partition coefficient (Wildman–Crippen LogP) is 7.29. The highest BCUT2D eigenvalue weighted by atomic mass is 19.4. The first-order valence-electron chi connectivity index (χ1n) is 12.3. The molecule has 1 aromatic heterocycles. The van der Waals surface area contributed by atoms with E-state index in [-0.39, 0.29) is 40.5 Å². The van der Waals surface area contributed by atoms with Crippen LogP contribution in [0.1, 0.15) is 33.6 Å². The molecular weight excluding hydrogens is 562 g/mol. The van der Waals surface area contributed by atoms with E-state index in [0.717, 1.165) is 6.07 Å². The molecule has 0 bridgehead atoms. The lowest BCUT2D eigenvalue weighted by atomic mass is 9.88. The van der Waals surface area contributed by atoms with Gasteiger partial charge in [0.1, 0.15) is 29.4 Å². The van der Waals surface area contributed by atoms with Crippen molar-refractivity contribution in [2.45, 2.75) is 46.2 Å². The van der Waals surface area contributed by atoms with Crippen molar-refractivity contribution in [3.05, 3.63) is 52.9 Å². The van der Waals surface area contributed by atoms with E-state index in [1.54, 1.807) is 13.8 Å². The van der Waals surface area contributed by atoms with Gasteiger partial charge >= 0.3 is 24.1 Å². The minimum atomic E-state index is -5.04. The number of esters is 1. The molecule has 13 heteroatoms. The molecule has 1 heterocycles. The molecule has 3 rings (SSSR count). The summed E-state index contributed by atoms with van der Waals surface area (Å²) in [5, 5.41) is 0.293. The van der Waals surface area contributed by atoms with Gasteiger partial charge in [0.25, 0.3) is 0 Å². The Kier molecular flexibility index (Phi) is 9.50. The maximum absolute atomic E-state index is 13.3. The fourth-order valence-electron chi connectivity index (χ4n) is 3.96. The van der Waals surface area contributed by atoms with E-state index < -0.39 is 54.9 Å². The molecule has 0 aliphatic heterocycles. The number of alkyl halides is 6. The highest BCUT2D eigenvalue weighted by Crippen LogP contribution is 2.38. The largest absolute Gasteiger partial charge is 0.573 e. The van der Waals surface area contributed by atoms with Gasteiger partial charge in [-0.2, -0.15) is 13.2 Å². The van der Waals surface area contributed by atoms with E-state index in [1.807, 2.05) is 0 Å². The Morgan fingerprint density at radius 1 is 0.927 bits per heavy atom.